The molecule has 3 rings (SSSR count). The molecule has 1 saturated carbocycles. The number of methoxy groups -OCH3 is 1. The van der Waals surface area contributed by atoms with Gasteiger partial charge in [-0.25, -0.2) is 0 Å². The first-order valence-electron chi connectivity index (χ1n) is 11.4. The number of rotatable bonds is 8. The Bertz CT molecular complexity index is 700. The number of carbonyl (C=O) groups excluding carboxylic acids is 2. The monoisotopic (exact) mass is 415 g/mol. The van der Waals surface area contributed by atoms with E-state index in [0.717, 1.165) is 50.8 Å². The molecule has 30 heavy (non-hydrogen) atoms. The van der Waals surface area contributed by atoms with Gasteiger partial charge in [0.25, 0.3) is 0 Å². The molecular formula is C24H37N3O3. The lowest BCUT2D eigenvalue weighted by atomic mass is 9.85. The lowest BCUT2D eigenvalue weighted by molar-refractivity contribution is -0.126. The van der Waals surface area contributed by atoms with Crippen molar-refractivity contribution < 1.29 is 14.3 Å². The molecular weight excluding hydrogens is 378 g/mol. The summed E-state index contributed by atoms with van der Waals surface area (Å²) in [5.41, 5.74) is 1.26. The van der Waals surface area contributed by atoms with Gasteiger partial charge in [0.15, 0.2) is 0 Å². The van der Waals surface area contributed by atoms with E-state index in [-0.39, 0.29) is 29.8 Å². The van der Waals surface area contributed by atoms with Crippen molar-refractivity contribution in [2.45, 2.75) is 64.0 Å². The number of ether oxygens (including phenoxy) is 1. The third-order valence-electron chi connectivity index (χ3n) is 6.63. The topological polar surface area (TPSA) is 70.7 Å². The van der Waals surface area contributed by atoms with Gasteiger partial charge in [-0.3, -0.25) is 14.5 Å². The molecule has 0 spiro atoms. The van der Waals surface area contributed by atoms with E-state index in [1.165, 1.54) is 5.56 Å². The summed E-state index contributed by atoms with van der Waals surface area (Å²) in [5, 5.41) is 6.15. The molecule has 6 nitrogen and oxygen atoms in total. The fraction of sp³-hybridized carbons (Fsp3) is 0.667. The minimum atomic E-state index is -0.135. The molecule has 2 aliphatic rings. The molecule has 1 aromatic carbocycles. The first-order chi connectivity index (χ1) is 14.5. The average molecular weight is 416 g/mol. The van der Waals surface area contributed by atoms with Crippen molar-refractivity contribution in [3.63, 3.8) is 0 Å². The zero-order valence-corrected chi connectivity index (χ0v) is 18.7. The summed E-state index contributed by atoms with van der Waals surface area (Å²) < 4.78 is 5.29. The number of amides is 2. The van der Waals surface area contributed by atoms with E-state index in [0.29, 0.717) is 18.9 Å². The highest BCUT2D eigenvalue weighted by Gasteiger charge is 2.31. The average Bonchev–Trinajstić information content (AvgIpc) is 3.27. The maximum Gasteiger partial charge on any atom is 0.223 e. The van der Waals surface area contributed by atoms with Crippen LogP contribution in [-0.4, -0.2) is 50.0 Å². The molecule has 6 heteroatoms. The largest absolute Gasteiger partial charge is 0.497 e. The van der Waals surface area contributed by atoms with E-state index in [1.54, 1.807) is 7.11 Å². The molecule has 0 radical (unpaired) electrons. The third kappa shape index (κ3) is 5.97. The standard InChI is InChI=1S/C24H37N3O3/c1-17(26-24(29)19-7-4-5-8-19)15-22(28)25-16-20-9-6-14-27(2)23(20)18-10-12-21(30-3)13-11-18/h10-13,17,19-20,23H,4-9,14-16H2,1-3H3,(H,25,28)(H,26,29). The summed E-state index contributed by atoms with van der Waals surface area (Å²) >= 11 is 0. The lowest BCUT2D eigenvalue weighted by Gasteiger charge is -2.39. The van der Waals surface area contributed by atoms with Crippen molar-refractivity contribution >= 4 is 11.8 Å². The Morgan fingerprint density at radius 2 is 1.83 bits per heavy atom. The van der Waals surface area contributed by atoms with Crippen LogP contribution >= 0.6 is 0 Å². The normalized spacial score (nSPS) is 23.7. The van der Waals surface area contributed by atoms with Crippen LogP contribution < -0.4 is 15.4 Å². The predicted molar refractivity (Wildman–Crippen MR) is 118 cm³/mol. The SMILES string of the molecule is COc1ccc(C2C(CNC(=O)CC(C)NC(=O)C3CCCC3)CCCN2C)cc1. The molecule has 0 aromatic heterocycles. The Hall–Kier alpha value is -2.08. The summed E-state index contributed by atoms with van der Waals surface area (Å²) in [5.74, 6) is 1.48. The van der Waals surface area contributed by atoms with Crippen molar-refractivity contribution in [1.82, 2.24) is 15.5 Å². The number of likely N-dealkylation sites (tertiary alicyclic amines) is 1. The van der Waals surface area contributed by atoms with Gasteiger partial charge in [-0.2, -0.15) is 0 Å². The number of nitrogens with zero attached hydrogens (tertiary/aromatic N) is 1. The molecule has 1 aliphatic heterocycles. The summed E-state index contributed by atoms with van der Waals surface area (Å²) in [6, 6.07) is 8.40. The highest BCUT2D eigenvalue weighted by Crippen LogP contribution is 2.35. The quantitative estimate of drug-likeness (QED) is 0.684. The van der Waals surface area contributed by atoms with Gasteiger partial charge in [0.2, 0.25) is 11.8 Å². The fourth-order valence-electron chi connectivity index (χ4n) is 5.00. The Morgan fingerprint density at radius 1 is 1.13 bits per heavy atom. The van der Waals surface area contributed by atoms with Gasteiger partial charge in [0, 0.05) is 31.0 Å². The van der Waals surface area contributed by atoms with Crippen LogP contribution in [0.5, 0.6) is 5.75 Å². The first kappa shape index (κ1) is 22.6. The van der Waals surface area contributed by atoms with Crippen molar-refractivity contribution in [1.29, 1.82) is 0 Å². The van der Waals surface area contributed by atoms with Gasteiger partial charge in [-0.1, -0.05) is 25.0 Å². The molecule has 2 fully saturated rings. The second-order valence-electron chi connectivity index (χ2n) is 9.00. The van der Waals surface area contributed by atoms with Gasteiger partial charge in [0.05, 0.1) is 7.11 Å². The summed E-state index contributed by atoms with van der Waals surface area (Å²) in [7, 11) is 3.83. The Balaban J connectivity index is 1.50. The molecule has 1 aromatic rings. The highest BCUT2D eigenvalue weighted by atomic mass is 16.5. The molecule has 1 heterocycles. The van der Waals surface area contributed by atoms with Gasteiger partial charge in [-0.15, -0.1) is 0 Å². The molecule has 1 saturated heterocycles. The van der Waals surface area contributed by atoms with Crippen molar-refractivity contribution in [3.8, 4) is 5.75 Å². The lowest BCUT2D eigenvalue weighted by Crippen LogP contribution is -2.43. The van der Waals surface area contributed by atoms with Crippen LogP contribution in [0.2, 0.25) is 0 Å². The second-order valence-corrected chi connectivity index (χ2v) is 9.00. The zero-order valence-electron chi connectivity index (χ0n) is 18.7. The fourth-order valence-corrected chi connectivity index (χ4v) is 5.00. The molecule has 3 unspecified atom stereocenters. The molecule has 1 aliphatic carbocycles. The van der Waals surface area contributed by atoms with Gasteiger partial charge in [-0.05, 0) is 69.8 Å². The minimum absolute atomic E-state index is 0.0101. The van der Waals surface area contributed by atoms with E-state index in [1.807, 2.05) is 19.1 Å². The molecule has 166 valence electrons. The van der Waals surface area contributed by atoms with Crippen LogP contribution in [0.1, 0.15) is 63.5 Å². The maximum atomic E-state index is 12.5. The van der Waals surface area contributed by atoms with Crippen molar-refractivity contribution in [3.05, 3.63) is 29.8 Å². The molecule has 2 N–H and O–H groups in total. The van der Waals surface area contributed by atoms with Crippen LogP contribution in [-0.2, 0) is 9.59 Å². The number of carbonyl (C=O) groups is 2. The number of benzene rings is 1. The van der Waals surface area contributed by atoms with Gasteiger partial charge < -0.3 is 15.4 Å². The zero-order chi connectivity index (χ0) is 21.5. The van der Waals surface area contributed by atoms with E-state index >= 15 is 0 Å². The van der Waals surface area contributed by atoms with Gasteiger partial charge in [0.1, 0.15) is 5.75 Å². The van der Waals surface area contributed by atoms with Crippen LogP contribution in [0.15, 0.2) is 24.3 Å². The number of nitrogens with one attached hydrogen (secondary N) is 2. The summed E-state index contributed by atoms with van der Waals surface area (Å²) in [6.45, 7) is 3.63. The van der Waals surface area contributed by atoms with Crippen molar-refractivity contribution in [2.75, 3.05) is 27.2 Å². The predicted octanol–water partition coefficient (Wildman–Crippen LogP) is 3.28. The summed E-state index contributed by atoms with van der Waals surface area (Å²) in [6.07, 6.45) is 6.79. The number of hydrogen-bond acceptors (Lipinski definition) is 4. The molecule has 0 bridgehead atoms. The first-order valence-corrected chi connectivity index (χ1v) is 11.4. The number of hydrogen-bond donors (Lipinski definition) is 2. The Labute approximate surface area is 180 Å². The van der Waals surface area contributed by atoms with E-state index in [9.17, 15) is 9.59 Å². The van der Waals surface area contributed by atoms with E-state index in [4.69, 9.17) is 4.74 Å². The third-order valence-corrected chi connectivity index (χ3v) is 6.63. The van der Waals surface area contributed by atoms with Crippen LogP contribution in [0.4, 0.5) is 0 Å². The Kier molecular flexibility index (Phi) is 8.14. The molecule has 3 atom stereocenters. The highest BCUT2D eigenvalue weighted by molar-refractivity contribution is 5.81. The van der Waals surface area contributed by atoms with Crippen LogP contribution in [0.25, 0.3) is 0 Å². The van der Waals surface area contributed by atoms with Crippen LogP contribution in [0, 0.1) is 11.8 Å². The van der Waals surface area contributed by atoms with Gasteiger partial charge >= 0.3 is 0 Å². The summed E-state index contributed by atoms with van der Waals surface area (Å²) in [4.78, 5) is 27.2. The number of piperidine rings is 1. The second kappa shape index (κ2) is 10.8. The van der Waals surface area contributed by atoms with Crippen LogP contribution in [0.3, 0.4) is 0 Å². The maximum absolute atomic E-state index is 12.5. The van der Waals surface area contributed by atoms with E-state index in [2.05, 4.69) is 34.7 Å². The smallest absolute Gasteiger partial charge is 0.223 e. The molecule has 2 amide bonds. The Morgan fingerprint density at radius 3 is 2.50 bits per heavy atom. The van der Waals surface area contributed by atoms with Crippen molar-refractivity contribution in [2.24, 2.45) is 11.8 Å². The minimum Gasteiger partial charge on any atom is -0.497 e. The van der Waals surface area contributed by atoms with E-state index < -0.39 is 0 Å².